The molecule has 0 radical (unpaired) electrons. The van der Waals surface area contributed by atoms with E-state index in [1.807, 2.05) is 40.7 Å². The minimum absolute atomic E-state index is 0.229. The van der Waals surface area contributed by atoms with E-state index in [0.29, 0.717) is 66.9 Å². The lowest BCUT2D eigenvalue weighted by Crippen LogP contribution is -2.46. The van der Waals surface area contributed by atoms with Crippen LogP contribution in [0.15, 0.2) is 97.3 Å². The van der Waals surface area contributed by atoms with Gasteiger partial charge in [-0.1, -0.05) is 11.3 Å². The van der Waals surface area contributed by atoms with E-state index in [1.54, 1.807) is 41.3 Å². The van der Waals surface area contributed by atoms with Crippen LogP contribution in [0.25, 0.3) is 28.3 Å². The first-order valence-corrected chi connectivity index (χ1v) is 17.2. The van der Waals surface area contributed by atoms with E-state index in [9.17, 15) is 13.6 Å². The van der Waals surface area contributed by atoms with Crippen LogP contribution in [0.2, 0.25) is 0 Å². The lowest BCUT2D eigenvalue weighted by molar-refractivity contribution is 0.129. The number of benzene rings is 3. The summed E-state index contributed by atoms with van der Waals surface area (Å²) in [6, 6.07) is 21.6. The van der Waals surface area contributed by atoms with Crippen molar-refractivity contribution < 1.29 is 27.1 Å². The Morgan fingerprint density at radius 3 is 2.32 bits per heavy atom. The average Bonchev–Trinajstić information content (AvgIpc) is 3.86. The van der Waals surface area contributed by atoms with Gasteiger partial charge in [0, 0.05) is 61.9 Å². The average molecular weight is 723 g/mol. The van der Waals surface area contributed by atoms with Gasteiger partial charge in [-0.15, -0.1) is 5.10 Å². The normalized spacial score (nSPS) is 16.4. The van der Waals surface area contributed by atoms with Crippen molar-refractivity contribution >= 4 is 17.5 Å². The smallest absolute Gasteiger partial charge is 0.414 e. The number of carbonyl (C=O) groups excluding carboxylic acids is 1. The minimum Gasteiger partial charge on any atom is -0.442 e. The molecule has 3 aromatic carbocycles. The van der Waals surface area contributed by atoms with E-state index in [2.05, 4.69) is 20.2 Å². The zero-order valence-electron chi connectivity index (χ0n) is 28.7. The number of hydrogen-bond donors (Lipinski definition) is 0. The van der Waals surface area contributed by atoms with E-state index >= 15 is 8.78 Å². The van der Waals surface area contributed by atoms with Crippen LogP contribution in [0.4, 0.5) is 33.7 Å². The van der Waals surface area contributed by atoms with E-state index in [0.717, 1.165) is 17.3 Å². The van der Waals surface area contributed by atoms with Crippen LogP contribution in [0.5, 0.6) is 0 Å². The predicted molar refractivity (Wildman–Crippen MR) is 191 cm³/mol. The first-order valence-electron chi connectivity index (χ1n) is 17.2. The Hall–Kier alpha value is -6.02. The molecular weight excluding hydrogens is 688 g/mol. The molecule has 8 rings (SSSR count). The number of halogens is 4. The molecule has 53 heavy (non-hydrogen) atoms. The summed E-state index contributed by atoms with van der Waals surface area (Å²) in [6.07, 6.45) is 2.35. The summed E-state index contributed by atoms with van der Waals surface area (Å²) >= 11 is 0. The number of piperazine rings is 1. The Labute approximate surface area is 302 Å². The number of cyclic esters (lactones) is 1. The molecule has 2 saturated heterocycles. The number of hydrogen-bond acceptors (Lipinski definition) is 7. The second kappa shape index (κ2) is 14.2. The van der Waals surface area contributed by atoms with Crippen LogP contribution in [-0.4, -0.2) is 74.4 Å². The molecule has 10 nitrogen and oxygen atoms in total. The lowest BCUT2D eigenvalue weighted by Gasteiger charge is -2.36. The summed E-state index contributed by atoms with van der Waals surface area (Å²) < 4.78 is 67.2. The zero-order chi connectivity index (χ0) is 36.6. The van der Waals surface area contributed by atoms with Crippen molar-refractivity contribution in [3.8, 4) is 28.3 Å². The van der Waals surface area contributed by atoms with E-state index < -0.39 is 29.6 Å². The summed E-state index contributed by atoms with van der Waals surface area (Å²) in [7, 11) is 0. The molecule has 1 amide bonds. The quantitative estimate of drug-likeness (QED) is 0.149. The first-order chi connectivity index (χ1) is 25.7. The molecule has 0 bridgehead atoms. The number of ether oxygens (including phenoxy) is 1. The maximum Gasteiger partial charge on any atom is 0.414 e. The molecule has 0 aliphatic carbocycles. The fraction of sp³-hybridized carbons (Fsp3) is 0.231. The lowest BCUT2D eigenvalue weighted by atomic mass is 10.1. The van der Waals surface area contributed by atoms with Gasteiger partial charge in [0.05, 0.1) is 42.0 Å². The fourth-order valence-corrected chi connectivity index (χ4v) is 7.00. The van der Waals surface area contributed by atoms with Crippen LogP contribution in [0, 0.1) is 30.2 Å². The Bertz CT molecular complexity index is 2270. The highest BCUT2D eigenvalue weighted by Gasteiger charge is 2.34. The molecule has 3 aromatic heterocycles. The molecular formula is C39H34F4N8O2. The van der Waals surface area contributed by atoms with Crippen LogP contribution < -0.4 is 9.80 Å². The van der Waals surface area contributed by atoms with Crippen LogP contribution in [0.1, 0.15) is 11.3 Å². The molecule has 0 N–H and O–H groups in total. The number of amides is 1. The van der Waals surface area contributed by atoms with Crippen molar-refractivity contribution in [1.82, 2.24) is 29.4 Å². The number of carbonyl (C=O) groups is 1. The Morgan fingerprint density at radius 1 is 0.811 bits per heavy atom. The van der Waals surface area contributed by atoms with Gasteiger partial charge >= 0.3 is 6.09 Å². The summed E-state index contributed by atoms with van der Waals surface area (Å²) in [5, 5.41) is 8.30. The van der Waals surface area contributed by atoms with E-state index in [-0.39, 0.29) is 24.5 Å². The second-order valence-corrected chi connectivity index (χ2v) is 13.1. The topological polar surface area (TPSA) is 84.6 Å². The molecule has 0 spiro atoms. The monoisotopic (exact) mass is 722 g/mol. The second-order valence-electron chi connectivity index (χ2n) is 13.1. The first kappa shape index (κ1) is 34.1. The molecule has 5 heterocycles. The highest BCUT2D eigenvalue weighted by molar-refractivity contribution is 5.90. The third kappa shape index (κ3) is 6.97. The number of anilines is 2. The molecule has 0 unspecified atom stereocenters. The molecule has 1 atom stereocenters. The van der Waals surface area contributed by atoms with Gasteiger partial charge in [-0.2, -0.15) is 0 Å². The van der Waals surface area contributed by atoms with E-state index in [1.165, 1.54) is 35.2 Å². The largest absolute Gasteiger partial charge is 0.442 e. The zero-order valence-corrected chi connectivity index (χ0v) is 28.7. The van der Waals surface area contributed by atoms with Gasteiger partial charge in [0.25, 0.3) is 0 Å². The standard InChI is InChI=1S/C39H34F4N8O2/c1-25-26(18-38(32-11-7-28(41)19-33(32)42)51(25)29-8-5-27(40)6-9-29)21-47-14-16-48(17-15-47)37-12-10-30(20-34(37)43)50-23-31(53-39(50)52)22-49-24-36(45-46-49)35-4-2-3-13-44-35/h2-13,18-20,24,31H,14-17,21-23H2,1H3/t31-/m0/s1. The van der Waals surface area contributed by atoms with Gasteiger partial charge in [-0.3, -0.25) is 14.8 Å². The van der Waals surface area contributed by atoms with Gasteiger partial charge in [0.15, 0.2) is 0 Å². The van der Waals surface area contributed by atoms with Crippen molar-refractivity contribution in [2.24, 2.45) is 0 Å². The molecule has 14 heteroatoms. The van der Waals surface area contributed by atoms with Crippen LogP contribution in [-0.2, 0) is 17.8 Å². The molecule has 6 aromatic rings. The molecule has 270 valence electrons. The molecule has 2 fully saturated rings. The molecule has 2 aliphatic rings. The van der Waals surface area contributed by atoms with Gasteiger partial charge in [-0.05, 0) is 85.3 Å². The van der Waals surface area contributed by atoms with Crippen molar-refractivity contribution in [3.05, 3.63) is 132 Å². The fourth-order valence-electron chi connectivity index (χ4n) is 7.00. The van der Waals surface area contributed by atoms with Crippen molar-refractivity contribution in [2.75, 3.05) is 42.5 Å². The van der Waals surface area contributed by atoms with E-state index in [4.69, 9.17) is 4.74 Å². The number of aromatic nitrogens is 5. The van der Waals surface area contributed by atoms with Crippen molar-refractivity contribution in [1.29, 1.82) is 0 Å². The highest BCUT2D eigenvalue weighted by Crippen LogP contribution is 2.33. The Balaban J connectivity index is 0.920. The third-order valence-corrected chi connectivity index (χ3v) is 9.72. The van der Waals surface area contributed by atoms with Gasteiger partial charge < -0.3 is 14.2 Å². The molecule has 2 aliphatic heterocycles. The minimum atomic E-state index is -0.692. The summed E-state index contributed by atoms with van der Waals surface area (Å²) in [4.78, 5) is 22.7. The SMILES string of the molecule is Cc1c(CN2CCN(c3ccc(N4C[C@H](Cn5cc(-c6ccccn6)nn5)OC4=O)cc3F)CC2)cc(-c2ccc(F)cc2F)n1-c1ccc(F)cc1. The van der Waals surface area contributed by atoms with Gasteiger partial charge in [0.1, 0.15) is 35.1 Å². The summed E-state index contributed by atoms with van der Waals surface area (Å²) in [5.74, 6) is -2.19. The summed E-state index contributed by atoms with van der Waals surface area (Å²) in [6.45, 7) is 5.35. The predicted octanol–water partition coefficient (Wildman–Crippen LogP) is 7.01. The van der Waals surface area contributed by atoms with Crippen molar-refractivity contribution in [3.63, 3.8) is 0 Å². The van der Waals surface area contributed by atoms with Crippen LogP contribution in [0.3, 0.4) is 0 Å². The van der Waals surface area contributed by atoms with Crippen molar-refractivity contribution in [2.45, 2.75) is 26.1 Å². The molecule has 0 saturated carbocycles. The maximum atomic E-state index is 15.6. The highest BCUT2D eigenvalue weighted by atomic mass is 19.1. The number of nitrogens with zero attached hydrogens (tertiary/aromatic N) is 8. The third-order valence-electron chi connectivity index (χ3n) is 9.72. The summed E-state index contributed by atoms with van der Waals surface area (Å²) in [5.41, 5.74) is 5.33. The number of rotatable bonds is 9. The van der Waals surface area contributed by atoms with Crippen LogP contribution >= 0.6 is 0 Å². The van der Waals surface area contributed by atoms with Gasteiger partial charge in [-0.25, -0.2) is 27.0 Å². The number of pyridine rings is 1. The maximum absolute atomic E-state index is 15.6. The Morgan fingerprint density at radius 2 is 1.58 bits per heavy atom. The van der Waals surface area contributed by atoms with Gasteiger partial charge in [0.2, 0.25) is 0 Å². The Kier molecular flexibility index (Phi) is 9.12.